The summed E-state index contributed by atoms with van der Waals surface area (Å²) in [7, 11) is 0. The molecule has 1 atom stereocenters. The van der Waals surface area contributed by atoms with E-state index in [0.29, 0.717) is 6.54 Å². The molecule has 6 nitrogen and oxygen atoms in total. The molecular formula is C20H20N4O2. The molecule has 0 spiro atoms. The number of likely N-dealkylation sites (tertiary alicyclic amines) is 1. The minimum atomic E-state index is -0.398. The summed E-state index contributed by atoms with van der Waals surface area (Å²) < 4.78 is 1.35. The van der Waals surface area contributed by atoms with Gasteiger partial charge in [-0.25, -0.2) is 9.78 Å². The van der Waals surface area contributed by atoms with Crippen LogP contribution in [0.2, 0.25) is 0 Å². The molecule has 1 amide bonds. The van der Waals surface area contributed by atoms with Crippen molar-refractivity contribution in [2.24, 2.45) is 0 Å². The molecule has 1 saturated heterocycles. The highest BCUT2D eigenvalue weighted by atomic mass is 16.2. The second kappa shape index (κ2) is 7.07. The molecule has 132 valence electrons. The highest BCUT2D eigenvalue weighted by Crippen LogP contribution is 2.27. The van der Waals surface area contributed by atoms with E-state index in [4.69, 9.17) is 0 Å². The van der Waals surface area contributed by atoms with Crippen LogP contribution in [0.4, 0.5) is 0 Å². The molecule has 0 radical (unpaired) electrons. The number of pyridine rings is 1. The Bertz CT molecular complexity index is 998. The molecule has 1 unspecified atom stereocenters. The summed E-state index contributed by atoms with van der Waals surface area (Å²) in [6.45, 7) is 1.39. The van der Waals surface area contributed by atoms with Gasteiger partial charge in [0.15, 0.2) is 0 Å². The van der Waals surface area contributed by atoms with Crippen LogP contribution in [-0.4, -0.2) is 38.4 Å². The maximum Gasteiger partial charge on any atom is 0.347 e. The molecule has 3 heterocycles. The number of piperidine rings is 1. The molecule has 1 aliphatic heterocycles. The fraction of sp³-hybridized carbons (Fsp3) is 0.300. The number of fused-ring (bicyclic) bond motifs is 1. The van der Waals surface area contributed by atoms with Gasteiger partial charge in [-0.1, -0.05) is 24.3 Å². The normalized spacial score (nSPS) is 17.4. The van der Waals surface area contributed by atoms with E-state index in [2.05, 4.69) is 28.2 Å². The molecule has 2 aromatic heterocycles. The highest BCUT2D eigenvalue weighted by Gasteiger charge is 2.26. The van der Waals surface area contributed by atoms with Gasteiger partial charge < -0.3 is 4.90 Å². The molecule has 0 saturated carbocycles. The lowest BCUT2D eigenvalue weighted by Crippen LogP contribution is -2.42. The van der Waals surface area contributed by atoms with E-state index in [-0.39, 0.29) is 18.4 Å². The average molecular weight is 348 g/mol. The van der Waals surface area contributed by atoms with Crippen molar-refractivity contribution in [3.05, 3.63) is 71.2 Å². The van der Waals surface area contributed by atoms with Crippen molar-refractivity contribution in [2.45, 2.75) is 25.3 Å². The third kappa shape index (κ3) is 3.35. The topological polar surface area (TPSA) is 68.1 Å². The molecule has 26 heavy (non-hydrogen) atoms. The minimum Gasteiger partial charge on any atom is -0.340 e. The predicted molar refractivity (Wildman–Crippen MR) is 98.8 cm³/mol. The molecule has 1 aromatic carbocycles. The van der Waals surface area contributed by atoms with Crippen molar-refractivity contribution in [3.8, 4) is 0 Å². The summed E-state index contributed by atoms with van der Waals surface area (Å²) in [4.78, 5) is 34.5. The maximum atomic E-state index is 12.6. The Morgan fingerprint density at radius 3 is 2.85 bits per heavy atom. The average Bonchev–Trinajstić information content (AvgIpc) is 2.69. The maximum absolute atomic E-state index is 12.6. The molecule has 0 N–H and O–H groups in total. The van der Waals surface area contributed by atoms with Gasteiger partial charge in [0.1, 0.15) is 6.54 Å². The van der Waals surface area contributed by atoms with E-state index in [1.807, 2.05) is 23.2 Å². The van der Waals surface area contributed by atoms with Crippen molar-refractivity contribution in [2.75, 3.05) is 13.1 Å². The SMILES string of the molecule is O=C(Cn1cccnc1=O)N1CCCC(c2cc3ccccc3cn2)C1. The number of amides is 1. The van der Waals surface area contributed by atoms with E-state index in [0.717, 1.165) is 30.5 Å². The number of hydrogen-bond donors (Lipinski definition) is 0. The van der Waals surface area contributed by atoms with Crippen LogP contribution in [0.15, 0.2) is 59.8 Å². The Kier molecular flexibility index (Phi) is 4.48. The van der Waals surface area contributed by atoms with Crippen LogP contribution < -0.4 is 5.69 Å². The van der Waals surface area contributed by atoms with Crippen LogP contribution in [0.3, 0.4) is 0 Å². The first-order valence-electron chi connectivity index (χ1n) is 8.84. The molecular weight excluding hydrogens is 328 g/mol. The van der Waals surface area contributed by atoms with Gasteiger partial charge in [0.2, 0.25) is 5.91 Å². The molecule has 1 fully saturated rings. The summed E-state index contributed by atoms with van der Waals surface area (Å²) in [5, 5.41) is 2.29. The Labute approximate surface area is 151 Å². The van der Waals surface area contributed by atoms with Crippen LogP contribution in [0.5, 0.6) is 0 Å². The molecule has 4 rings (SSSR count). The smallest absolute Gasteiger partial charge is 0.340 e. The fourth-order valence-corrected chi connectivity index (χ4v) is 3.52. The number of carbonyl (C=O) groups is 1. The lowest BCUT2D eigenvalue weighted by Gasteiger charge is -2.32. The predicted octanol–water partition coefficient (Wildman–Crippen LogP) is 2.20. The Balaban J connectivity index is 1.50. The Morgan fingerprint density at radius 1 is 1.15 bits per heavy atom. The van der Waals surface area contributed by atoms with Gasteiger partial charge in [-0.15, -0.1) is 0 Å². The Hall–Kier alpha value is -3.02. The number of rotatable bonds is 3. The molecule has 1 aliphatic rings. The van der Waals surface area contributed by atoms with Crippen LogP contribution >= 0.6 is 0 Å². The first kappa shape index (κ1) is 16.4. The monoisotopic (exact) mass is 348 g/mol. The van der Waals surface area contributed by atoms with Crippen molar-refractivity contribution in [1.82, 2.24) is 19.4 Å². The zero-order valence-corrected chi connectivity index (χ0v) is 14.4. The van der Waals surface area contributed by atoms with E-state index < -0.39 is 5.69 Å². The van der Waals surface area contributed by atoms with Gasteiger partial charge in [-0.05, 0) is 30.4 Å². The van der Waals surface area contributed by atoms with Gasteiger partial charge in [-0.3, -0.25) is 14.3 Å². The zero-order valence-electron chi connectivity index (χ0n) is 14.4. The van der Waals surface area contributed by atoms with Crippen LogP contribution in [0.1, 0.15) is 24.5 Å². The number of hydrogen-bond acceptors (Lipinski definition) is 4. The summed E-state index contributed by atoms with van der Waals surface area (Å²) in [6.07, 6.45) is 6.89. The third-order valence-electron chi connectivity index (χ3n) is 4.93. The van der Waals surface area contributed by atoms with Gasteiger partial charge in [0.25, 0.3) is 0 Å². The first-order valence-corrected chi connectivity index (χ1v) is 8.84. The molecule has 3 aromatic rings. The number of aromatic nitrogens is 3. The number of benzene rings is 1. The van der Waals surface area contributed by atoms with E-state index in [1.54, 1.807) is 12.3 Å². The van der Waals surface area contributed by atoms with Crippen molar-refractivity contribution in [3.63, 3.8) is 0 Å². The van der Waals surface area contributed by atoms with Crippen molar-refractivity contribution in [1.29, 1.82) is 0 Å². The third-order valence-corrected chi connectivity index (χ3v) is 4.93. The standard InChI is InChI=1S/C20H20N4O2/c25-19(14-24-10-4-8-21-20(24)26)23-9-3-7-17(13-23)18-11-15-5-1-2-6-16(15)12-22-18/h1-2,4-6,8,10-12,17H,3,7,9,13-14H2. The van der Waals surface area contributed by atoms with Crippen LogP contribution in [0, 0.1) is 0 Å². The lowest BCUT2D eigenvalue weighted by atomic mass is 9.93. The number of carbonyl (C=O) groups excluding carboxylic acids is 1. The summed E-state index contributed by atoms with van der Waals surface area (Å²) in [5.74, 6) is 0.175. The van der Waals surface area contributed by atoms with E-state index in [1.165, 1.54) is 16.2 Å². The van der Waals surface area contributed by atoms with Gasteiger partial charge >= 0.3 is 5.69 Å². The van der Waals surface area contributed by atoms with Gasteiger partial charge in [-0.2, -0.15) is 0 Å². The van der Waals surface area contributed by atoms with Crippen LogP contribution in [0.25, 0.3) is 10.8 Å². The van der Waals surface area contributed by atoms with Crippen molar-refractivity contribution < 1.29 is 4.79 Å². The molecule has 0 aliphatic carbocycles. The summed E-state index contributed by atoms with van der Waals surface area (Å²) >= 11 is 0. The summed E-state index contributed by atoms with van der Waals surface area (Å²) in [6, 6.07) is 11.9. The van der Waals surface area contributed by atoms with Crippen molar-refractivity contribution >= 4 is 16.7 Å². The quantitative estimate of drug-likeness (QED) is 0.728. The zero-order chi connectivity index (χ0) is 17.9. The van der Waals surface area contributed by atoms with Crippen LogP contribution in [-0.2, 0) is 11.3 Å². The second-order valence-corrected chi connectivity index (χ2v) is 6.67. The number of nitrogens with zero attached hydrogens (tertiary/aromatic N) is 4. The molecule has 0 bridgehead atoms. The Morgan fingerprint density at radius 2 is 2.00 bits per heavy atom. The lowest BCUT2D eigenvalue weighted by molar-refractivity contribution is -0.133. The van der Waals surface area contributed by atoms with E-state index >= 15 is 0 Å². The van der Waals surface area contributed by atoms with Gasteiger partial charge in [0.05, 0.1) is 0 Å². The minimum absolute atomic E-state index is 0.0323. The highest BCUT2D eigenvalue weighted by molar-refractivity contribution is 5.82. The van der Waals surface area contributed by atoms with Gasteiger partial charge in [0, 0.05) is 48.7 Å². The largest absolute Gasteiger partial charge is 0.347 e. The summed E-state index contributed by atoms with van der Waals surface area (Å²) in [5.41, 5.74) is 0.630. The van der Waals surface area contributed by atoms with E-state index in [9.17, 15) is 9.59 Å². The molecule has 6 heteroatoms. The fourth-order valence-electron chi connectivity index (χ4n) is 3.52. The first-order chi connectivity index (χ1) is 12.7. The second-order valence-electron chi connectivity index (χ2n) is 6.67.